The molecule has 4 saturated carbocycles. The third-order valence-electron chi connectivity index (χ3n) is 13.2. The number of aliphatic hydroxyl groups is 3. The van der Waals surface area contributed by atoms with Gasteiger partial charge in [0, 0.05) is 5.41 Å². The monoisotopic (exact) mass is 488 g/mol. The van der Waals surface area contributed by atoms with E-state index in [2.05, 4.69) is 40.7 Å². The van der Waals surface area contributed by atoms with E-state index in [0.717, 1.165) is 51.4 Å². The fourth-order valence-electron chi connectivity index (χ4n) is 10.8. The van der Waals surface area contributed by atoms with Gasteiger partial charge in [-0.15, -0.1) is 0 Å². The number of carbonyl (C=O) groups is 1. The van der Waals surface area contributed by atoms with Gasteiger partial charge in [0.05, 0.1) is 24.2 Å². The molecule has 0 heterocycles. The number of aliphatic carboxylic acids is 1. The lowest BCUT2D eigenvalue weighted by Gasteiger charge is -2.71. The molecule has 0 spiro atoms. The highest BCUT2D eigenvalue weighted by Crippen LogP contribution is 2.75. The molecule has 0 aromatic carbocycles. The molecule has 35 heavy (non-hydrogen) atoms. The van der Waals surface area contributed by atoms with E-state index in [4.69, 9.17) is 0 Å². The molecule has 5 aliphatic carbocycles. The average molecular weight is 489 g/mol. The number of carboxylic acid groups (broad SMARTS) is 1. The molecule has 0 unspecified atom stereocenters. The Morgan fingerprint density at radius 1 is 0.943 bits per heavy atom. The van der Waals surface area contributed by atoms with Gasteiger partial charge in [-0.05, 0) is 97.2 Å². The average Bonchev–Trinajstić information content (AvgIpc) is 2.77. The van der Waals surface area contributed by atoms with Gasteiger partial charge >= 0.3 is 5.97 Å². The van der Waals surface area contributed by atoms with Crippen molar-refractivity contribution in [2.75, 3.05) is 6.61 Å². The summed E-state index contributed by atoms with van der Waals surface area (Å²) in [7, 11) is 0. The molecule has 5 aliphatic rings. The second-order valence-electron chi connectivity index (χ2n) is 15.1. The minimum Gasteiger partial charge on any atom is -0.481 e. The van der Waals surface area contributed by atoms with Crippen molar-refractivity contribution in [2.45, 2.75) is 112 Å². The van der Waals surface area contributed by atoms with Crippen molar-refractivity contribution in [1.29, 1.82) is 0 Å². The molecule has 0 radical (unpaired) electrons. The highest BCUT2D eigenvalue weighted by molar-refractivity contribution is 5.76. The van der Waals surface area contributed by atoms with Gasteiger partial charge in [0.1, 0.15) is 0 Å². The second-order valence-corrected chi connectivity index (χ2v) is 15.1. The highest BCUT2D eigenvalue weighted by atomic mass is 16.4. The Kier molecular flexibility index (Phi) is 5.56. The summed E-state index contributed by atoms with van der Waals surface area (Å²) in [6.45, 7) is 13.6. The lowest BCUT2D eigenvalue weighted by Crippen LogP contribution is -2.68. The maximum atomic E-state index is 12.8. The van der Waals surface area contributed by atoms with Gasteiger partial charge in [-0.1, -0.05) is 53.2 Å². The van der Waals surface area contributed by atoms with Crippen LogP contribution in [-0.2, 0) is 4.79 Å². The molecular weight excluding hydrogens is 440 g/mol. The first kappa shape index (κ1) is 25.7. The Balaban J connectivity index is 1.61. The van der Waals surface area contributed by atoms with Crippen molar-refractivity contribution in [3.63, 3.8) is 0 Å². The zero-order valence-corrected chi connectivity index (χ0v) is 22.7. The van der Waals surface area contributed by atoms with Crippen LogP contribution in [-0.4, -0.2) is 45.2 Å². The number of hydrogen-bond acceptors (Lipinski definition) is 4. The van der Waals surface area contributed by atoms with Crippen LogP contribution in [0.3, 0.4) is 0 Å². The molecule has 0 aromatic heterocycles. The Morgan fingerprint density at radius 2 is 1.60 bits per heavy atom. The van der Waals surface area contributed by atoms with Crippen LogP contribution in [0.2, 0.25) is 0 Å². The van der Waals surface area contributed by atoms with Gasteiger partial charge < -0.3 is 20.4 Å². The van der Waals surface area contributed by atoms with Crippen molar-refractivity contribution in [3.8, 4) is 0 Å². The predicted molar refractivity (Wildman–Crippen MR) is 135 cm³/mol. The van der Waals surface area contributed by atoms with E-state index < -0.39 is 29.0 Å². The zero-order valence-electron chi connectivity index (χ0n) is 22.7. The first-order chi connectivity index (χ1) is 16.1. The molecule has 0 saturated heterocycles. The van der Waals surface area contributed by atoms with Gasteiger partial charge in [0.15, 0.2) is 0 Å². The van der Waals surface area contributed by atoms with Crippen molar-refractivity contribution < 1.29 is 25.2 Å². The smallest absolute Gasteiger partial charge is 0.310 e. The van der Waals surface area contributed by atoms with E-state index in [1.54, 1.807) is 0 Å². The largest absolute Gasteiger partial charge is 0.481 e. The SMILES string of the molecule is CC1(C)CC[C@]2(C(=O)O)CC[C@]3(C)C(=CC[C@H]4[C@@]5(C)C[C@@H](O)[C@@H](O)[C@@](C)(CO)[C@@H]5CC[C@]43C)[C@H]2C1. The third-order valence-corrected chi connectivity index (χ3v) is 13.2. The Bertz CT molecular complexity index is 941. The van der Waals surface area contributed by atoms with Crippen molar-refractivity contribution in [1.82, 2.24) is 0 Å². The van der Waals surface area contributed by atoms with E-state index >= 15 is 0 Å². The third kappa shape index (κ3) is 3.07. The van der Waals surface area contributed by atoms with E-state index in [0.29, 0.717) is 12.3 Å². The molecule has 5 heteroatoms. The number of rotatable bonds is 2. The Hall–Kier alpha value is -0.910. The normalized spacial score (nSPS) is 55.0. The summed E-state index contributed by atoms with van der Waals surface area (Å²) in [6.07, 6.45) is 8.40. The van der Waals surface area contributed by atoms with Gasteiger partial charge in [-0.25, -0.2) is 0 Å². The fraction of sp³-hybridized carbons (Fsp3) is 0.900. The topological polar surface area (TPSA) is 98.0 Å². The minimum atomic E-state index is -0.907. The molecule has 5 rings (SSSR count). The summed E-state index contributed by atoms with van der Waals surface area (Å²) in [5, 5.41) is 42.8. The highest BCUT2D eigenvalue weighted by Gasteiger charge is 2.70. The summed E-state index contributed by atoms with van der Waals surface area (Å²) in [5.74, 6) is -0.0472. The molecule has 0 bridgehead atoms. The van der Waals surface area contributed by atoms with Crippen LogP contribution in [0, 0.1) is 50.2 Å². The quantitative estimate of drug-likeness (QED) is 0.402. The molecular formula is C30H48O5. The van der Waals surface area contributed by atoms with E-state index in [-0.39, 0.29) is 40.1 Å². The lowest BCUT2D eigenvalue weighted by atomic mass is 9.33. The van der Waals surface area contributed by atoms with E-state index in [1.807, 2.05) is 6.92 Å². The van der Waals surface area contributed by atoms with Crippen LogP contribution in [0.25, 0.3) is 0 Å². The predicted octanol–water partition coefficient (Wildman–Crippen LogP) is 5.18. The van der Waals surface area contributed by atoms with Crippen molar-refractivity contribution in [3.05, 3.63) is 11.6 Å². The Morgan fingerprint density at radius 3 is 2.23 bits per heavy atom. The second kappa shape index (κ2) is 7.57. The van der Waals surface area contributed by atoms with Crippen LogP contribution < -0.4 is 0 Å². The number of allylic oxidation sites excluding steroid dienone is 2. The number of fused-ring (bicyclic) bond motifs is 7. The van der Waals surface area contributed by atoms with Gasteiger partial charge in [-0.3, -0.25) is 4.79 Å². The Labute approximate surface area is 211 Å². The molecule has 5 nitrogen and oxygen atoms in total. The van der Waals surface area contributed by atoms with Gasteiger partial charge in [0.2, 0.25) is 0 Å². The van der Waals surface area contributed by atoms with Crippen LogP contribution in [0.1, 0.15) is 99.3 Å². The lowest BCUT2D eigenvalue weighted by molar-refractivity contribution is -0.243. The van der Waals surface area contributed by atoms with E-state index in [1.165, 1.54) is 5.57 Å². The first-order valence-corrected chi connectivity index (χ1v) is 14.0. The summed E-state index contributed by atoms with van der Waals surface area (Å²) in [6, 6.07) is 0. The molecule has 198 valence electrons. The zero-order chi connectivity index (χ0) is 25.8. The standard InChI is InChI=1S/C30H48O5/c1-25(2)11-13-30(24(34)35)14-12-28(5)18(19(30)15-25)7-8-22-26(3)16-20(32)23(33)27(4,17-31)21(26)9-10-29(22,28)6/h7,19-23,31-33H,8-17H2,1-6H3,(H,34,35)/t19-,20-,21-,22+,23-,26+,27+,28-,29-,30+/m1/s1. The summed E-state index contributed by atoms with van der Waals surface area (Å²) in [4.78, 5) is 12.8. The molecule has 4 fully saturated rings. The van der Waals surface area contributed by atoms with Crippen LogP contribution in [0.5, 0.6) is 0 Å². The maximum absolute atomic E-state index is 12.8. The van der Waals surface area contributed by atoms with Gasteiger partial charge in [0.25, 0.3) is 0 Å². The summed E-state index contributed by atoms with van der Waals surface area (Å²) < 4.78 is 0. The first-order valence-electron chi connectivity index (χ1n) is 14.0. The molecule has 10 atom stereocenters. The van der Waals surface area contributed by atoms with Gasteiger partial charge in [-0.2, -0.15) is 0 Å². The number of hydrogen-bond donors (Lipinski definition) is 4. The van der Waals surface area contributed by atoms with Crippen LogP contribution >= 0.6 is 0 Å². The summed E-state index contributed by atoms with van der Waals surface area (Å²) in [5.41, 5.74) is -0.0632. The number of aliphatic hydroxyl groups excluding tert-OH is 3. The molecule has 0 aliphatic heterocycles. The molecule has 4 N–H and O–H groups in total. The van der Waals surface area contributed by atoms with Crippen molar-refractivity contribution >= 4 is 5.97 Å². The van der Waals surface area contributed by atoms with E-state index in [9.17, 15) is 25.2 Å². The summed E-state index contributed by atoms with van der Waals surface area (Å²) >= 11 is 0. The van der Waals surface area contributed by atoms with Crippen LogP contribution in [0.15, 0.2) is 11.6 Å². The van der Waals surface area contributed by atoms with Crippen molar-refractivity contribution in [2.24, 2.45) is 50.2 Å². The van der Waals surface area contributed by atoms with Crippen LogP contribution in [0.4, 0.5) is 0 Å². The fourth-order valence-corrected chi connectivity index (χ4v) is 10.8. The molecule has 0 amide bonds. The minimum absolute atomic E-state index is 0.00698. The molecule has 0 aromatic rings. The number of carboxylic acids is 1. The maximum Gasteiger partial charge on any atom is 0.310 e.